The first-order valence-electron chi connectivity index (χ1n) is 5.74. The van der Waals surface area contributed by atoms with Gasteiger partial charge in [-0.2, -0.15) is 0 Å². The predicted molar refractivity (Wildman–Crippen MR) is 71.7 cm³/mol. The van der Waals surface area contributed by atoms with E-state index in [9.17, 15) is 4.79 Å². The number of hydrogen-bond donors (Lipinski definition) is 2. The van der Waals surface area contributed by atoms with E-state index in [1.807, 2.05) is 12.1 Å². The first-order chi connectivity index (χ1) is 8.08. The van der Waals surface area contributed by atoms with Crippen LogP contribution in [-0.4, -0.2) is 16.9 Å². The van der Waals surface area contributed by atoms with Gasteiger partial charge in [-0.05, 0) is 30.9 Å². The Labute approximate surface area is 106 Å². The van der Waals surface area contributed by atoms with E-state index >= 15 is 0 Å². The van der Waals surface area contributed by atoms with Gasteiger partial charge in [0.25, 0.3) is 0 Å². The molecule has 0 fully saturated rings. The van der Waals surface area contributed by atoms with Crippen molar-refractivity contribution >= 4 is 23.1 Å². The monoisotopic (exact) mass is 248 g/mol. The van der Waals surface area contributed by atoms with Crippen LogP contribution in [0.1, 0.15) is 18.1 Å². The SMILES string of the molecule is CC(C(=O)NC1Cc2ccccc2C1)C(N)=S. The maximum absolute atomic E-state index is 11.8. The zero-order chi connectivity index (χ0) is 12.4. The molecule has 1 atom stereocenters. The Hall–Kier alpha value is -1.42. The summed E-state index contributed by atoms with van der Waals surface area (Å²) in [7, 11) is 0. The topological polar surface area (TPSA) is 55.1 Å². The molecule has 4 heteroatoms. The van der Waals surface area contributed by atoms with Crippen molar-refractivity contribution in [3.8, 4) is 0 Å². The minimum absolute atomic E-state index is 0.0738. The van der Waals surface area contributed by atoms with E-state index in [1.165, 1.54) is 11.1 Å². The number of fused-ring (bicyclic) bond motifs is 1. The van der Waals surface area contributed by atoms with Crippen LogP contribution in [0.25, 0.3) is 0 Å². The lowest BCUT2D eigenvalue weighted by Gasteiger charge is -2.15. The number of carbonyl (C=O) groups is 1. The maximum Gasteiger partial charge on any atom is 0.229 e. The highest BCUT2D eigenvalue weighted by atomic mass is 32.1. The fraction of sp³-hybridized carbons (Fsp3) is 0.385. The number of hydrogen-bond acceptors (Lipinski definition) is 2. The third-order valence-electron chi connectivity index (χ3n) is 3.22. The maximum atomic E-state index is 11.8. The number of rotatable bonds is 3. The molecule has 17 heavy (non-hydrogen) atoms. The summed E-state index contributed by atoms with van der Waals surface area (Å²) >= 11 is 4.82. The summed E-state index contributed by atoms with van der Waals surface area (Å²) in [5.41, 5.74) is 8.11. The van der Waals surface area contributed by atoms with Gasteiger partial charge in [0, 0.05) is 6.04 Å². The fourth-order valence-corrected chi connectivity index (χ4v) is 2.22. The van der Waals surface area contributed by atoms with Gasteiger partial charge in [-0.15, -0.1) is 0 Å². The molecule has 0 aliphatic heterocycles. The van der Waals surface area contributed by atoms with Crippen LogP contribution in [0.15, 0.2) is 24.3 Å². The summed E-state index contributed by atoms with van der Waals surface area (Å²) in [6.07, 6.45) is 1.79. The zero-order valence-corrected chi connectivity index (χ0v) is 10.6. The van der Waals surface area contributed by atoms with Crippen LogP contribution in [-0.2, 0) is 17.6 Å². The van der Waals surface area contributed by atoms with Crippen LogP contribution in [0.2, 0.25) is 0 Å². The van der Waals surface area contributed by atoms with Crippen molar-refractivity contribution in [1.29, 1.82) is 0 Å². The molecule has 0 saturated carbocycles. The second-order valence-electron chi connectivity index (χ2n) is 4.51. The third kappa shape index (κ3) is 2.64. The predicted octanol–water partition coefficient (Wildman–Crippen LogP) is 1.19. The first kappa shape index (κ1) is 12.0. The number of nitrogens with two attached hydrogens (primary N) is 1. The minimum atomic E-state index is -0.395. The lowest BCUT2D eigenvalue weighted by atomic mass is 10.1. The lowest BCUT2D eigenvalue weighted by molar-refractivity contribution is -0.123. The Morgan fingerprint density at radius 2 is 1.94 bits per heavy atom. The van der Waals surface area contributed by atoms with Crippen molar-refractivity contribution in [2.45, 2.75) is 25.8 Å². The third-order valence-corrected chi connectivity index (χ3v) is 3.57. The van der Waals surface area contributed by atoms with Crippen molar-refractivity contribution in [3.05, 3.63) is 35.4 Å². The van der Waals surface area contributed by atoms with Crippen molar-refractivity contribution < 1.29 is 4.79 Å². The Balaban J connectivity index is 1.96. The standard InChI is InChI=1S/C13H16N2OS/c1-8(12(14)17)13(16)15-11-6-9-4-2-3-5-10(9)7-11/h2-5,8,11H,6-7H2,1H3,(H2,14,17)(H,15,16). The highest BCUT2D eigenvalue weighted by Crippen LogP contribution is 2.21. The second-order valence-corrected chi connectivity index (χ2v) is 4.98. The van der Waals surface area contributed by atoms with Gasteiger partial charge < -0.3 is 11.1 Å². The van der Waals surface area contributed by atoms with Crippen molar-refractivity contribution in [1.82, 2.24) is 5.32 Å². The molecule has 0 spiro atoms. The van der Waals surface area contributed by atoms with E-state index in [4.69, 9.17) is 18.0 Å². The molecule has 1 unspecified atom stereocenters. The van der Waals surface area contributed by atoms with Gasteiger partial charge in [0.05, 0.1) is 10.9 Å². The minimum Gasteiger partial charge on any atom is -0.393 e. The van der Waals surface area contributed by atoms with E-state index in [-0.39, 0.29) is 16.9 Å². The lowest BCUT2D eigenvalue weighted by Crippen LogP contribution is -2.42. The van der Waals surface area contributed by atoms with Crippen molar-refractivity contribution in [3.63, 3.8) is 0 Å². The molecule has 0 bridgehead atoms. The number of thiocarbonyl (C=S) groups is 1. The van der Waals surface area contributed by atoms with Gasteiger partial charge in [0.2, 0.25) is 5.91 Å². The largest absolute Gasteiger partial charge is 0.393 e. The summed E-state index contributed by atoms with van der Waals surface area (Å²) in [6.45, 7) is 1.74. The highest BCUT2D eigenvalue weighted by Gasteiger charge is 2.24. The molecule has 3 N–H and O–H groups in total. The number of carbonyl (C=O) groups excluding carboxylic acids is 1. The molecular formula is C13H16N2OS. The molecule has 0 aromatic heterocycles. The quantitative estimate of drug-likeness (QED) is 0.790. The van der Waals surface area contributed by atoms with Crippen molar-refractivity contribution in [2.75, 3.05) is 0 Å². The smallest absolute Gasteiger partial charge is 0.229 e. The molecule has 0 heterocycles. The highest BCUT2D eigenvalue weighted by molar-refractivity contribution is 7.80. The Morgan fingerprint density at radius 3 is 2.41 bits per heavy atom. The number of nitrogens with one attached hydrogen (secondary N) is 1. The van der Waals surface area contributed by atoms with Gasteiger partial charge in [0.15, 0.2) is 0 Å². The molecule has 90 valence electrons. The van der Waals surface area contributed by atoms with Gasteiger partial charge in [-0.3, -0.25) is 4.79 Å². The Morgan fingerprint density at radius 1 is 1.41 bits per heavy atom. The zero-order valence-electron chi connectivity index (χ0n) is 9.77. The molecule has 1 aliphatic carbocycles. The molecule has 0 saturated heterocycles. The molecular weight excluding hydrogens is 232 g/mol. The van der Waals surface area contributed by atoms with Crippen molar-refractivity contribution in [2.24, 2.45) is 11.7 Å². The summed E-state index contributed by atoms with van der Waals surface area (Å²) in [4.78, 5) is 12.1. The van der Waals surface area contributed by atoms with E-state index in [2.05, 4.69) is 17.4 Å². The van der Waals surface area contributed by atoms with Gasteiger partial charge >= 0.3 is 0 Å². The van der Waals surface area contributed by atoms with Crippen LogP contribution in [0.3, 0.4) is 0 Å². The average molecular weight is 248 g/mol. The molecule has 1 aromatic carbocycles. The number of amides is 1. The molecule has 2 rings (SSSR count). The average Bonchev–Trinajstić information content (AvgIpc) is 2.69. The van der Waals surface area contributed by atoms with Gasteiger partial charge in [-0.25, -0.2) is 0 Å². The van der Waals surface area contributed by atoms with Crippen LogP contribution < -0.4 is 11.1 Å². The van der Waals surface area contributed by atoms with Crippen LogP contribution in [0.4, 0.5) is 0 Å². The van der Waals surface area contributed by atoms with Crippen LogP contribution in [0.5, 0.6) is 0 Å². The van der Waals surface area contributed by atoms with E-state index < -0.39 is 5.92 Å². The summed E-state index contributed by atoms with van der Waals surface area (Å²) < 4.78 is 0. The Kier molecular flexibility index (Phi) is 3.43. The molecule has 1 aromatic rings. The summed E-state index contributed by atoms with van der Waals surface area (Å²) in [5.74, 6) is -0.469. The molecule has 3 nitrogen and oxygen atoms in total. The molecule has 1 aliphatic rings. The van der Waals surface area contributed by atoms with E-state index in [0.717, 1.165) is 12.8 Å². The van der Waals surface area contributed by atoms with E-state index in [1.54, 1.807) is 6.92 Å². The molecule has 1 amide bonds. The Bertz CT molecular complexity index is 433. The first-order valence-corrected chi connectivity index (χ1v) is 6.15. The van der Waals surface area contributed by atoms with E-state index in [0.29, 0.717) is 0 Å². The normalized spacial score (nSPS) is 16.3. The summed E-state index contributed by atoms with van der Waals surface area (Å²) in [5, 5.41) is 3.00. The van der Waals surface area contributed by atoms with Crippen LogP contribution in [0, 0.1) is 5.92 Å². The molecule has 0 radical (unpaired) electrons. The van der Waals surface area contributed by atoms with Crippen LogP contribution >= 0.6 is 12.2 Å². The fourth-order valence-electron chi connectivity index (χ4n) is 2.12. The summed E-state index contributed by atoms with van der Waals surface area (Å²) in [6, 6.07) is 8.45. The van der Waals surface area contributed by atoms with Gasteiger partial charge in [0.1, 0.15) is 0 Å². The van der Waals surface area contributed by atoms with Gasteiger partial charge in [-0.1, -0.05) is 36.5 Å². The number of benzene rings is 1. The second kappa shape index (κ2) is 4.84.